The van der Waals surface area contributed by atoms with E-state index >= 15 is 0 Å². The third kappa shape index (κ3) is 2.91. The summed E-state index contributed by atoms with van der Waals surface area (Å²) in [5, 5.41) is 0. The molecule has 1 aromatic carbocycles. The van der Waals surface area contributed by atoms with Crippen molar-refractivity contribution in [1.82, 2.24) is 0 Å². The molecule has 0 N–H and O–H groups in total. The zero-order chi connectivity index (χ0) is 17.3. The van der Waals surface area contributed by atoms with Gasteiger partial charge in [0.25, 0.3) is 0 Å². The Morgan fingerprint density at radius 1 is 1.12 bits per heavy atom. The van der Waals surface area contributed by atoms with Gasteiger partial charge in [-0.25, -0.2) is 17.6 Å². The molecule has 0 heterocycles. The lowest BCUT2D eigenvalue weighted by Gasteiger charge is -2.30. The molecule has 0 radical (unpaired) electrons. The van der Waals surface area contributed by atoms with Gasteiger partial charge in [-0.15, -0.1) is 0 Å². The van der Waals surface area contributed by atoms with Crippen LogP contribution in [0.2, 0.25) is 0 Å². The van der Waals surface area contributed by atoms with Crippen molar-refractivity contribution >= 4 is 0 Å². The molecule has 2 aliphatic carbocycles. The second-order valence-electron chi connectivity index (χ2n) is 6.88. The van der Waals surface area contributed by atoms with Crippen molar-refractivity contribution in [2.24, 2.45) is 5.92 Å². The van der Waals surface area contributed by atoms with Crippen molar-refractivity contribution in [2.45, 2.75) is 56.8 Å². The first-order valence-electron chi connectivity index (χ1n) is 8.64. The zero-order valence-corrected chi connectivity index (χ0v) is 13.7. The summed E-state index contributed by atoms with van der Waals surface area (Å²) < 4.78 is 57.3. The van der Waals surface area contributed by atoms with Crippen LogP contribution >= 0.6 is 0 Å². The van der Waals surface area contributed by atoms with E-state index in [-0.39, 0.29) is 5.92 Å². The lowest BCUT2D eigenvalue weighted by atomic mass is 9.77. The van der Waals surface area contributed by atoms with Gasteiger partial charge in [0.15, 0.2) is 6.17 Å². The van der Waals surface area contributed by atoms with E-state index in [2.05, 4.69) is 6.92 Å². The SMILES string of the molecule is CC[C@H]1CC[C@H](c2ccc(C3(F)C(F)=CC=CC3F)c(F)c2)CC1. The number of alkyl halides is 2. The molecule has 1 saturated carbocycles. The molecule has 0 saturated heterocycles. The van der Waals surface area contributed by atoms with Crippen molar-refractivity contribution in [3.8, 4) is 0 Å². The van der Waals surface area contributed by atoms with E-state index < -0.39 is 29.0 Å². The quantitative estimate of drug-likeness (QED) is 0.557. The smallest absolute Gasteiger partial charge is 0.224 e. The predicted octanol–water partition coefficient (Wildman–Crippen LogP) is 6.44. The molecule has 130 valence electrons. The Kier molecular flexibility index (Phi) is 4.84. The van der Waals surface area contributed by atoms with E-state index in [0.29, 0.717) is 0 Å². The van der Waals surface area contributed by atoms with E-state index in [9.17, 15) is 17.6 Å². The number of rotatable bonds is 3. The average molecular weight is 338 g/mol. The van der Waals surface area contributed by atoms with Gasteiger partial charge in [-0.3, -0.25) is 0 Å². The Hall–Kier alpha value is -1.58. The highest BCUT2D eigenvalue weighted by atomic mass is 19.2. The Morgan fingerprint density at radius 3 is 2.42 bits per heavy atom. The van der Waals surface area contributed by atoms with Gasteiger partial charge in [0.05, 0.1) is 0 Å². The average Bonchev–Trinajstić information content (AvgIpc) is 2.59. The van der Waals surface area contributed by atoms with Crippen molar-refractivity contribution in [3.63, 3.8) is 0 Å². The minimum atomic E-state index is -3.07. The number of halogens is 4. The summed E-state index contributed by atoms with van der Waals surface area (Å²) in [7, 11) is 0. The van der Waals surface area contributed by atoms with Crippen LogP contribution in [0.4, 0.5) is 17.6 Å². The molecule has 3 rings (SSSR count). The van der Waals surface area contributed by atoms with Crippen LogP contribution in [0.1, 0.15) is 56.1 Å². The van der Waals surface area contributed by atoms with E-state index in [1.807, 2.05) is 0 Å². The summed E-state index contributed by atoms with van der Waals surface area (Å²) >= 11 is 0. The molecule has 1 fully saturated rings. The third-order valence-electron chi connectivity index (χ3n) is 5.53. The van der Waals surface area contributed by atoms with Gasteiger partial charge in [0, 0.05) is 5.56 Å². The first-order chi connectivity index (χ1) is 11.5. The van der Waals surface area contributed by atoms with Crippen molar-refractivity contribution in [1.29, 1.82) is 0 Å². The summed E-state index contributed by atoms with van der Waals surface area (Å²) in [5.41, 5.74) is -2.85. The molecule has 24 heavy (non-hydrogen) atoms. The first kappa shape index (κ1) is 17.2. The van der Waals surface area contributed by atoms with Crippen LogP contribution in [0, 0.1) is 11.7 Å². The van der Waals surface area contributed by atoms with E-state index in [1.165, 1.54) is 12.1 Å². The first-order valence-corrected chi connectivity index (χ1v) is 8.64. The van der Waals surface area contributed by atoms with Gasteiger partial charge in [0.2, 0.25) is 5.67 Å². The normalized spacial score (nSPS) is 33.4. The third-order valence-corrected chi connectivity index (χ3v) is 5.53. The van der Waals surface area contributed by atoms with Crippen LogP contribution in [0.3, 0.4) is 0 Å². The highest BCUT2D eigenvalue weighted by molar-refractivity contribution is 5.41. The summed E-state index contributed by atoms with van der Waals surface area (Å²) in [6.45, 7) is 2.17. The molecule has 2 aliphatic rings. The maximum atomic E-state index is 14.9. The second-order valence-corrected chi connectivity index (χ2v) is 6.88. The monoisotopic (exact) mass is 338 g/mol. The molecular formula is C20H22F4. The lowest BCUT2D eigenvalue weighted by Crippen LogP contribution is -2.34. The molecule has 1 aromatic rings. The van der Waals surface area contributed by atoms with Crippen LogP contribution in [0.25, 0.3) is 0 Å². The van der Waals surface area contributed by atoms with E-state index in [0.717, 1.165) is 61.8 Å². The van der Waals surface area contributed by atoms with E-state index in [1.54, 1.807) is 6.07 Å². The molecular weight excluding hydrogens is 316 g/mol. The van der Waals surface area contributed by atoms with Gasteiger partial charge in [0.1, 0.15) is 11.6 Å². The van der Waals surface area contributed by atoms with Crippen LogP contribution in [0.15, 0.2) is 42.3 Å². The van der Waals surface area contributed by atoms with Crippen LogP contribution < -0.4 is 0 Å². The largest absolute Gasteiger partial charge is 0.238 e. The maximum absolute atomic E-state index is 14.9. The Labute approximate surface area is 140 Å². The summed E-state index contributed by atoms with van der Waals surface area (Å²) in [6.07, 6.45) is 5.93. The van der Waals surface area contributed by atoms with E-state index in [4.69, 9.17) is 0 Å². The number of hydrogen-bond donors (Lipinski definition) is 0. The fourth-order valence-electron chi connectivity index (χ4n) is 3.88. The highest BCUT2D eigenvalue weighted by Gasteiger charge is 2.48. The maximum Gasteiger partial charge on any atom is 0.224 e. The molecule has 0 aliphatic heterocycles. The van der Waals surface area contributed by atoms with Crippen molar-refractivity contribution < 1.29 is 17.6 Å². The molecule has 0 aromatic heterocycles. The minimum Gasteiger partial charge on any atom is -0.238 e. The Balaban J connectivity index is 1.86. The number of benzene rings is 1. The molecule has 0 bridgehead atoms. The fourth-order valence-corrected chi connectivity index (χ4v) is 3.88. The molecule has 0 spiro atoms. The van der Waals surface area contributed by atoms with Gasteiger partial charge < -0.3 is 0 Å². The Bertz CT molecular complexity index is 656. The topological polar surface area (TPSA) is 0 Å². The minimum absolute atomic E-state index is 0.236. The standard InChI is InChI=1S/C20H22F4/c1-2-13-6-8-14(9-7-13)15-10-11-16(17(21)12-15)20(24)18(22)4-3-5-19(20)23/h3-5,10-14,18H,2,6-9H2,1H3/t13-,14-,18?,20?. The van der Waals surface area contributed by atoms with Gasteiger partial charge in [-0.1, -0.05) is 31.6 Å². The zero-order valence-electron chi connectivity index (χ0n) is 13.7. The molecule has 2 atom stereocenters. The van der Waals surface area contributed by atoms with Crippen LogP contribution in [-0.4, -0.2) is 6.17 Å². The fraction of sp³-hybridized carbons (Fsp3) is 0.500. The summed E-state index contributed by atoms with van der Waals surface area (Å²) in [5.74, 6) is -1.22. The second kappa shape index (κ2) is 6.73. The molecule has 0 amide bonds. The Morgan fingerprint density at radius 2 is 1.83 bits per heavy atom. The molecule has 2 unspecified atom stereocenters. The summed E-state index contributed by atoms with van der Waals surface area (Å²) in [4.78, 5) is 0. The van der Waals surface area contributed by atoms with Crippen molar-refractivity contribution in [3.05, 3.63) is 59.2 Å². The van der Waals surface area contributed by atoms with Crippen LogP contribution in [-0.2, 0) is 5.67 Å². The lowest BCUT2D eigenvalue weighted by molar-refractivity contribution is 0.0817. The summed E-state index contributed by atoms with van der Waals surface area (Å²) in [6, 6.07) is 4.08. The van der Waals surface area contributed by atoms with Crippen molar-refractivity contribution in [2.75, 3.05) is 0 Å². The number of hydrogen-bond acceptors (Lipinski definition) is 0. The van der Waals surface area contributed by atoms with Gasteiger partial charge >= 0.3 is 0 Å². The number of allylic oxidation sites excluding steroid dienone is 4. The van der Waals surface area contributed by atoms with Crippen LogP contribution in [0.5, 0.6) is 0 Å². The van der Waals surface area contributed by atoms with Gasteiger partial charge in [-0.2, -0.15) is 0 Å². The van der Waals surface area contributed by atoms with Gasteiger partial charge in [-0.05, 0) is 61.3 Å². The molecule has 4 heteroatoms. The molecule has 0 nitrogen and oxygen atoms in total. The highest BCUT2D eigenvalue weighted by Crippen LogP contribution is 2.45. The predicted molar refractivity (Wildman–Crippen MR) is 87.4 cm³/mol.